The van der Waals surface area contributed by atoms with Gasteiger partial charge in [-0.2, -0.15) is 0 Å². The highest BCUT2D eigenvalue weighted by Crippen LogP contribution is 2.42. The minimum absolute atomic E-state index is 0.624. The minimum Gasteiger partial charge on any atom is -0.208 e. The molecule has 298 valence electrons. The molecule has 3 heteroatoms. The number of rotatable bonds is 7. The highest BCUT2D eigenvalue weighted by Gasteiger charge is 2.17. The lowest BCUT2D eigenvalue weighted by molar-refractivity contribution is 1.07. The molecule has 0 atom stereocenters. The Balaban J connectivity index is 0.980. The molecule has 1 aromatic heterocycles. The molecule has 0 saturated heterocycles. The molecule has 0 bridgehead atoms. The molecular weight excluding hydrogens is 775 g/mol. The summed E-state index contributed by atoms with van der Waals surface area (Å²) in [5, 5.41) is 10.0. The molecule has 0 aliphatic rings. The summed E-state index contributed by atoms with van der Waals surface area (Å²) in [5.41, 5.74) is 12.0. The predicted octanol–water partition coefficient (Wildman–Crippen LogP) is 16.2. The second kappa shape index (κ2) is 15.7. The SMILES string of the molecule is c1ccc(-c2ccc(-c3nc(-c4ccccc4)nc(-c4cccc(-c5ccc6ccccc6c5-c5cccc(-c6ccc7c8ccccc8c8ccccc8c7c6)c5)c4)n3)cc2)cc1. The van der Waals surface area contributed by atoms with Gasteiger partial charge >= 0.3 is 0 Å². The molecule has 0 fully saturated rings. The summed E-state index contributed by atoms with van der Waals surface area (Å²) in [6, 6.07) is 84.4. The first-order valence-corrected chi connectivity index (χ1v) is 21.8. The summed E-state index contributed by atoms with van der Waals surface area (Å²) in [5.74, 6) is 1.89. The average molecular weight is 814 g/mol. The molecule has 0 radical (unpaired) electrons. The smallest absolute Gasteiger partial charge is 0.164 e. The monoisotopic (exact) mass is 813 g/mol. The molecule has 12 rings (SSSR count). The van der Waals surface area contributed by atoms with Crippen LogP contribution in [0.1, 0.15) is 0 Å². The van der Waals surface area contributed by atoms with Crippen LogP contribution in [0.25, 0.3) is 122 Å². The van der Waals surface area contributed by atoms with E-state index in [9.17, 15) is 0 Å². The van der Waals surface area contributed by atoms with Gasteiger partial charge in [-0.15, -0.1) is 0 Å². The van der Waals surface area contributed by atoms with Gasteiger partial charge in [0.2, 0.25) is 0 Å². The zero-order chi connectivity index (χ0) is 42.4. The summed E-state index contributed by atoms with van der Waals surface area (Å²) >= 11 is 0. The van der Waals surface area contributed by atoms with Crippen molar-refractivity contribution in [2.75, 3.05) is 0 Å². The van der Waals surface area contributed by atoms with E-state index >= 15 is 0 Å². The third-order valence-electron chi connectivity index (χ3n) is 12.5. The molecule has 0 saturated carbocycles. The lowest BCUT2D eigenvalue weighted by Crippen LogP contribution is -2.00. The van der Waals surface area contributed by atoms with Crippen molar-refractivity contribution in [3.8, 4) is 78.7 Å². The summed E-state index contributed by atoms with van der Waals surface area (Å²) < 4.78 is 0. The van der Waals surface area contributed by atoms with E-state index in [0.29, 0.717) is 17.5 Å². The summed E-state index contributed by atoms with van der Waals surface area (Å²) in [6.45, 7) is 0. The third-order valence-corrected chi connectivity index (χ3v) is 12.5. The fraction of sp³-hybridized carbons (Fsp3) is 0. The van der Waals surface area contributed by atoms with Crippen molar-refractivity contribution in [1.29, 1.82) is 0 Å². The largest absolute Gasteiger partial charge is 0.208 e. The molecule has 64 heavy (non-hydrogen) atoms. The van der Waals surface area contributed by atoms with Crippen LogP contribution < -0.4 is 0 Å². The van der Waals surface area contributed by atoms with E-state index in [-0.39, 0.29) is 0 Å². The number of fused-ring (bicyclic) bond motifs is 7. The number of nitrogens with zero attached hydrogens (tertiary/aromatic N) is 3. The Hall–Kier alpha value is -8.53. The molecule has 0 aliphatic carbocycles. The number of hydrogen-bond donors (Lipinski definition) is 0. The maximum absolute atomic E-state index is 5.15. The summed E-state index contributed by atoms with van der Waals surface area (Å²) in [4.78, 5) is 15.3. The first kappa shape index (κ1) is 37.2. The third kappa shape index (κ3) is 6.68. The highest BCUT2D eigenvalue weighted by molar-refractivity contribution is 6.25. The Morgan fingerprint density at radius 1 is 0.203 bits per heavy atom. The Labute approximate surface area is 371 Å². The Morgan fingerprint density at radius 2 is 0.609 bits per heavy atom. The maximum atomic E-state index is 5.15. The zero-order valence-corrected chi connectivity index (χ0v) is 34.9. The predicted molar refractivity (Wildman–Crippen MR) is 268 cm³/mol. The molecule has 0 spiro atoms. The molecular formula is C61H39N3. The van der Waals surface area contributed by atoms with E-state index in [2.05, 4.69) is 212 Å². The average Bonchev–Trinajstić information content (AvgIpc) is 3.38. The van der Waals surface area contributed by atoms with Crippen LogP contribution in [0, 0.1) is 0 Å². The molecule has 3 nitrogen and oxygen atoms in total. The van der Waals surface area contributed by atoms with Crippen molar-refractivity contribution >= 4 is 43.1 Å². The molecule has 1 heterocycles. The van der Waals surface area contributed by atoms with E-state index in [1.807, 2.05) is 24.3 Å². The maximum Gasteiger partial charge on any atom is 0.164 e. The van der Waals surface area contributed by atoms with Crippen LogP contribution in [-0.4, -0.2) is 15.0 Å². The van der Waals surface area contributed by atoms with Crippen molar-refractivity contribution in [2.45, 2.75) is 0 Å². The van der Waals surface area contributed by atoms with E-state index in [1.54, 1.807) is 0 Å². The van der Waals surface area contributed by atoms with E-state index in [4.69, 9.17) is 15.0 Å². The molecule has 0 unspecified atom stereocenters. The highest BCUT2D eigenvalue weighted by atomic mass is 15.0. The Morgan fingerprint density at radius 3 is 1.28 bits per heavy atom. The van der Waals surface area contributed by atoms with Gasteiger partial charge in [-0.3, -0.25) is 0 Å². The topological polar surface area (TPSA) is 38.7 Å². The van der Waals surface area contributed by atoms with Gasteiger partial charge in [0.15, 0.2) is 17.5 Å². The molecule has 0 aliphatic heterocycles. The number of aromatic nitrogens is 3. The summed E-state index contributed by atoms with van der Waals surface area (Å²) in [6.07, 6.45) is 0. The first-order valence-electron chi connectivity index (χ1n) is 21.8. The van der Waals surface area contributed by atoms with Crippen molar-refractivity contribution in [3.63, 3.8) is 0 Å². The van der Waals surface area contributed by atoms with Gasteiger partial charge in [0.1, 0.15) is 0 Å². The fourth-order valence-electron chi connectivity index (χ4n) is 9.38. The zero-order valence-electron chi connectivity index (χ0n) is 34.9. The van der Waals surface area contributed by atoms with Crippen molar-refractivity contribution in [2.24, 2.45) is 0 Å². The van der Waals surface area contributed by atoms with Crippen LogP contribution in [0.4, 0.5) is 0 Å². The van der Waals surface area contributed by atoms with Crippen LogP contribution in [-0.2, 0) is 0 Å². The Kier molecular flexibility index (Phi) is 9.16. The Bertz CT molecular complexity index is 3670. The van der Waals surface area contributed by atoms with Crippen LogP contribution in [0.2, 0.25) is 0 Å². The van der Waals surface area contributed by atoms with Crippen molar-refractivity contribution in [1.82, 2.24) is 15.0 Å². The van der Waals surface area contributed by atoms with Crippen LogP contribution >= 0.6 is 0 Å². The number of hydrogen-bond acceptors (Lipinski definition) is 3. The molecule has 0 N–H and O–H groups in total. The second-order valence-electron chi connectivity index (χ2n) is 16.3. The van der Waals surface area contributed by atoms with Gasteiger partial charge in [0, 0.05) is 16.7 Å². The van der Waals surface area contributed by atoms with Crippen molar-refractivity contribution in [3.05, 3.63) is 237 Å². The lowest BCUT2D eigenvalue weighted by Gasteiger charge is -2.16. The molecule has 12 aromatic rings. The first-order chi connectivity index (χ1) is 31.7. The van der Waals surface area contributed by atoms with Gasteiger partial charge in [-0.25, -0.2) is 15.0 Å². The fourth-order valence-corrected chi connectivity index (χ4v) is 9.38. The molecule has 0 amide bonds. The van der Waals surface area contributed by atoms with Gasteiger partial charge in [-0.05, 0) is 106 Å². The van der Waals surface area contributed by atoms with E-state index in [1.165, 1.54) is 65.3 Å². The van der Waals surface area contributed by atoms with Gasteiger partial charge in [0.05, 0.1) is 0 Å². The lowest BCUT2D eigenvalue weighted by atomic mass is 9.87. The normalized spacial score (nSPS) is 11.4. The van der Waals surface area contributed by atoms with E-state index < -0.39 is 0 Å². The standard InChI is InChI=1S/C61H39N3/c1-3-15-40(16-4-1)41-29-31-44(32-30-41)60-62-59(43-18-5-2-6-19-43)63-61(64-60)49-23-14-21-47(38-49)51-35-33-42-17-7-8-24-50(42)58(51)48-22-13-20-45(37-48)46-34-36-56-54-27-10-9-25-52(54)53-26-11-12-28-55(53)57(56)39-46/h1-39H. The van der Waals surface area contributed by atoms with Gasteiger partial charge < -0.3 is 0 Å². The van der Waals surface area contributed by atoms with Crippen LogP contribution in [0.15, 0.2) is 237 Å². The second-order valence-corrected chi connectivity index (χ2v) is 16.3. The number of benzene rings is 11. The quantitative estimate of drug-likeness (QED) is 0.150. The van der Waals surface area contributed by atoms with Crippen molar-refractivity contribution < 1.29 is 0 Å². The van der Waals surface area contributed by atoms with Crippen LogP contribution in [0.3, 0.4) is 0 Å². The van der Waals surface area contributed by atoms with E-state index in [0.717, 1.165) is 38.9 Å². The van der Waals surface area contributed by atoms with Gasteiger partial charge in [-0.1, -0.05) is 218 Å². The van der Waals surface area contributed by atoms with Crippen LogP contribution in [0.5, 0.6) is 0 Å². The minimum atomic E-state index is 0.624. The van der Waals surface area contributed by atoms with Gasteiger partial charge in [0.25, 0.3) is 0 Å². The summed E-state index contributed by atoms with van der Waals surface area (Å²) in [7, 11) is 0. The molecule has 11 aromatic carbocycles.